The highest BCUT2D eigenvalue weighted by atomic mass is 79.9. The number of ether oxygens (including phenoxy) is 1. The number of nitrogens with zero attached hydrogens (tertiary/aromatic N) is 3. The summed E-state index contributed by atoms with van der Waals surface area (Å²) in [6.07, 6.45) is 0. The fraction of sp³-hybridized carbons (Fsp3) is 0.143. The summed E-state index contributed by atoms with van der Waals surface area (Å²) in [5, 5.41) is 5.39. The Labute approximate surface area is 168 Å². The van der Waals surface area contributed by atoms with Crippen molar-refractivity contribution in [2.75, 3.05) is 0 Å². The number of benzene rings is 2. The Kier molecular flexibility index (Phi) is 4.85. The van der Waals surface area contributed by atoms with E-state index in [2.05, 4.69) is 26.0 Å². The van der Waals surface area contributed by atoms with E-state index in [4.69, 9.17) is 4.74 Å². The Morgan fingerprint density at radius 3 is 2.64 bits per heavy atom. The molecule has 2 aromatic heterocycles. The molecule has 2 heterocycles. The summed E-state index contributed by atoms with van der Waals surface area (Å²) in [6.45, 7) is 3.86. The molecule has 4 rings (SSSR count). The largest absolute Gasteiger partial charge is 0.473 e. The van der Waals surface area contributed by atoms with Crippen molar-refractivity contribution < 1.29 is 13.5 Å². The SMILES string of the molecule is Cc1cc(OCc2ccc(Br)cc2F)nc2c1c(C)nn2-c1cccc(F)c1. The normalized spacial score (nSPS) is 11.2. The molecule has 0 spiro atoms. The van der Waals surface area contributed by atoms with E-state index in [1.807, 2.05) is 13.8 Å². The molecule has 0 aliphatic carbocycles. The van der Waals surface area contributed by atoms with E-state index in [0.717, 1.165) is 16.6 Å². The first-order valence-electron chi connectivity index (χ1n) is 8.62. The average Bonchev–Trinajstić information content (AvgIpc) is 2.98. The number of halogens is 3. The summed E-state index contributed by atoms with van der Waals surface area (Å²) in [6, 6.07) is 12.8. The lowest BCUT2D eigenvalue weighted by Gasteiger charge is -2.09. The van der Waals surface area contributed by atoms with Crippen LogP contribution >= 0.6 is 15.9 Å². The van der Waals surface area contributed by atoms with E-state index in [0.29, 0.717) is 27.3 Å². The second kappa shape index (κ2) is 7.31. The van der Waals surface area contributed by atoms with Crippen molar-refractivity contribution in [3.8, 4) is 11.6 Å². The number of fused-ring (bicyclic) bond motifs is 1. The Balaban J connectivity index is 1.73. The van der Waals surface area contributed by atoms with Crippen LogP contribution in [0.2, 0.25) is 0 Å². The smallest absolute Gasteiger partial charge is 0.215 e. The fourth-order valence-corrected chi connectivity index (χ4v) is 3.46. The molecule has 0 atom stereocenters. The lowest BCUT2D eigenvalue weighted by atomic mass is 10.1. The minimum atomic E-state index is -0.354. The summed E-state index contributed by atoms with van der Waals surface area (Å²) in [5.74, 6) is -0.355. The van der Waals surface area contributed by atoms with Gasteiger partial charge in [0.2, 0.25) is 5.88 Å². The van der Waals surface area contributed by atoms with E-state index in [-0.39, 0.29) is 18.2 Å². The minimum absolute atomic E-state index is 0.0458. The zero-order chi connectivity index (χ0) is 19.8. The van der Waals surface area contributed by atoms with Gasteiger partial charge in [0.05, 0.1) is 11.4 Å². The first-order chi connectivity index (χ1) is 13.4. The van der Waals surface area contributed by atoms with Crippen LogP contribution in [-0.4, -0.2) is 14.8 Å². The molecule has 28 heavy (non-hydrogen) atoms. The Morgan fingerprint density at radius 1 is 1.07 bits per heavy atom. The monoisotopic (exact) mass is 443 g/mol. The third-order valence-electron chi connectivity index (χ3n) is 4.43. The maximum Gasteiger partial charge on any atom is 0.215 e. The van der Waals surface area contributed by atoms with Gasteiger partial charge in [-0.3, -0.25) is 0 Å². The van der Waals surface area contributed by atoms with Gasteiger partial charge >= 0.3 is 0 Å². The highest BCUT2D eigenvalue weighted by molar-refractivity contribution is 9.10. The molecule has 4 nitrogen and oxygen atoms in total. The van der Waals surface area contributed by atoms with E-state index in [1.54, 1.807) is 35.0 Å². The summed E-state index contributed by atoms with van der Waals surface area (Å²) in [7, 11) is 0. The quantitative estimate of drug-likeness (QED) is 0.408. The Morgan fingerprint density at radius 2 is 1.89 bits per heavy atom. The molecule has 142 valence electrons. The van der Waals surface area contributed by atoms with Crippen LogP contribution in [0.4, 0.5) is 8.78 Å². The number of hydrogen-bond acceptors (Lipinski definition) is 3. The van der Waals surface area contributed by atoms with Gasteiger partial charge in [0.1, 0.15) is 18.2 Å². The summed E-state index contributed by atoms with van der Waals surface area (Å²) in [5.41, 5.74) is 3.28. The van der Waals surface area contributed by atoms with Gasteiger partial charge in [-0.15, -0.1) is 0 Å². The highest BCUT2D eigenvalue weighted by Gasteiger charge is 2.15. The highest BCUT2D eigenvalue weighted by Crippen LogP contribution is 2.27. The Hall–Kier alpha value is -2.80. The number of hydrogen-bond donors (Lipinski definition) is 0. The van der Waals surface area contributed by atoms with Crippen LogP contribution in [-0.2, 0) is 6.61 Å². The van der Waals surface area contributed by atoms with Crippen molar-refractivity contribution in [1.29, 1.82) is 0 Å². The molecule has 0 amide bonds. The van der Waals surface area contributed by atoms with E-state index < -0.39 is 0 Å². The van der Waals surface area contributed by atoms with Gasteiger partial charge in [-0.25, -0.2) is 13.5 Å². The maximum atomic E-state index is 14.0. The summed E-state index contributed by atoms with van der Waals surface area (Å²) < 4.78 is 35.7. The van der Waals surface area contributed by atoms with E-state index in [9.17, 15) is 8.78 Å². The molecular formula is C21H16BrF2N3O. The molecule has 4 aromatic rings. The van der Waals surface area contributed by atoms with Crippen LogP contribution in [0.5, 0.6) is 5.88 Å². The molecule has 7 heteroatoms. The molecular weight excluding hydrogens is 428 g/mol. The number of aryl methyl sites for hydroxylation is 2. The van der Waals surface area contributed by atoms with Crippen molar-refractivity contribution >= 4 is 27.0 Å². The molecule has 0 bridgehead atoms. The summed E-state index contributed by atoms with van der Waals surface area (Å²) >= 11 is 3.24. The summed E-state index contributed by atoms with van der Waals surface area (Å²) in [4.78, 5) is 4.55. The van der Waals surface area contributed by atoms with Crippen LogP contribution in [0.15, 0.2) is 53.0 Å². The molecule has 0 saturated carbocycles. The van der Waals surface area contributed by atoms with Crippen molar-refractivity contribution in [3.63, 3.8) is 0 Å². The topological polar surface area (TPSA) is 39.9 Å². The van der Waals surface area contributed by atoms with Gasteiger partial charge in [-0.2, -0.15) is 10.1 Å². The molecule has 0 saturated heterocycles. The first kappa shape index (κ1) is 18.6. The predicted octanol–water partition coefficient (Wildman–Crippen LogP) is 5.66. The molecule has 2 aromatic carbocycles. The van der Waals surface area contributed by atoms with Gasteiger partial charge in [0, 0.05) is 21.5 Å². The lowest BCUT2D eigenvalue weighted by molar-refractivity contribution is 0.288. The number of aromatic nitrogens is 3. The van der Waals surface area contributed by atoms with Crippen LogP contribution in [0.3, 0.4) is 0 Å². The van der Waals surface area contributed by atoms with Crippen LogP contribution in [0, 0.1) is 25.5 Å². The number of rotatable bonds is 4. The maximum absolute atomic E-state index is 14.0. The van der Waals surface area contributed by atoms with Crippen LogP contribution in [0.1, 0.15) is 16.8 Å². The van der Waals surface area contributed by atoms with Crippen molar-refractivity contribution in [2.24, 2.45) is 0 Å². The molecule has 0 aliphatic rings. The molecule has 0 N–H and O–H groups in total. The van der Waals surface area contributed by atoms with Crippen molar-refractivity contribution in [2.45, 2.75) is 20.5 Å². The number of pyridine rings is 1. The fourth-order valence-electron chi connectivity index (χ4n) is 3.13. The van der Waals surface area contributed by atoms with Gasteiger partial charge in [0.15, 0.2) is 5.65 Å². The second-order valence-electron chi connectivity index (χ2n) is 6.48. The van der Waals surface area contributed by atoms with Crippen LogP contribution in [0.25, 0.3) is 16.7 Å². The standard InChI is InChI=1S/C21H16BrF2N3O/c1-12-8-19(28-11-14-6-7-15(22)9-18(14)24)25-21-20(12)13(2)26-27(21)17-5-3-4-16(23)10-17/h3-10H,11H2,1-2H3. The molecule has 0 aliphatic heterocycles. The first-order valence-corrected chi connectivity index (χ1v) is 9.41. The van der Waals surface area contributed by atoms with E-state index in [1.165, 1.54) is 18.2 Å². The minimum Gasteiger partial charge on any atom is -0.473 e. The van der Waals surface area contributed by atoms with Crippen molar-refractivity contribution in [3.05, 3.63) is 81.5 Å². The molecule has 0 radical (unpaired) electrons. The predicted molar refractivity (Wildman–Crippen MR) is 107 cm³/mol. The second-order valence-corrected chi connectivity index (χ2v) is 7.39. The van der Waals surface area contributed by atoms with Gasteiger partial charge < -0.3 is 4.74 Å². The zero-order valence-corrected chi connectivity index (χ0v) is 16.8. The van der Waals surface area contributed by atoms with Gasteiger partial charge in [-0.05, 0) is 49.7 Å². The van der Waals surface area contributed by atoms with E-state index >= 15 is 0 Å². The van der Waals surface area contributed by atoms with Gasteiger partial charge in [-0.1, -0.05) is 28.1 Å². The zero-order valence-electron chi connectivity index (χ0n) is 15.2. The molecule has 0 unspecified atom stereocenters. The Bertz CT molecular complexity index is 1190. The van der Waals surface area contributed by atoms with Crippen molar-refractivity contribution in [1.82, 2.24) is 14.8 Å². The van der Waals surface area contributed by atoms with Crippen LogP contribution < -0.4 is 4.74 Å². The van der Waals surface area contributed by atoms with Gasteiger partial charge in [0.25, 0.3) is 0 Å². The molecule has 0 fully saturated rings. The third kappa shape index (κ3) is 3.49. The third-order valence-corrected chi connectivity index (χ3v) is 4.92. The average molecular weight is 444 g/mol. The lowest BCUT2D eigenvalue weighted by Crippen LogP contribution is -2.02.